The first kappa shape index (κ1) is 14.8. The molecule has 1 aromatic rings. The highest BCUT2D eigenvalue weighted by atomic mass is 16.8. The molecule has 1 amide bonds. The summed E-state index contributed by atoms with van der Waals surface area (Å²) in [6, 6.07) is 7.44. The largest absolute Gasteiger partial charge is 0.375 e. The second-order valence-corrected chi connectivity index (χ2v) is 4.91. The van der Waals surface area contributed by atoms with Crippen LogP contribution in [-0.2, 0) is 9.57 Å². The Morgan fingerprint density at radius 2 is 2.15 bits per heavy atom. The van der Waals surface area contributed by atoms with Gasteiger partial charge in [0.05, 0.1) is 0 Å². The summed E-state index contributed by atoms with van der Waals surface area (Å²) < 4.78 is 5.39. The molecule has 0 aliphatic carbocycles. The number of nitrogens with zero attached hydrogens (tertiary/aromatic N) is 1. The number of amides is 1. The van der Waals surface area contributed by atoms with Crippen molar-refractivity contribution in [3.05, 3.63) is 29.8 Å². The molecule has 1 aromatic carbocycles. The highest BCUT2D eigenvalue weighted by Crippen LogP contribution is 2.15. The van der Waals surface area contributed by atoms with Crippen LogP contribution in [0.15, 0.2) is 24.3 Å². The molecule has 20 heavy (non-hydrogen) atoms. The highest BCUT2D eigenvalue weighted by Gasteiger charge is 2.16. The highest BCUT2D eigenvalue weighted by molar-refractivity contribution is 5.93. The quantitative estimate of drug-likeness (QED) is 0.840. The van der Waals surface area contributed by atoms with Gasteiger partial charge in [0.25, 0.3) is 5.91 Å². The van der Waals surface area contributed by atoms with E-state index >= 15 is 0 Å². The van der Waals surface area contributed by atoms with E-state index in [1.165, 1.54) is 0 Å². The number of anilines is 1. The van der Waals surface area contributed by atoms with Crippen molar-refractivity contribution in [1.29, 1.82) is 0 Å². The minimum absolute atomic E-state index is 0.245. The molecule has 5 heteroatoms. The zero-order valence-electron chi connectivity index (χ0n) is 12.1. The first-order chi connectivity index (χ1) is 9.70. The summed E-state index contributed by atoms with van der Waals surface area (Å²) >= 11 is 0. The van der Waals surface area contributed by atoms with Gasteiger partial charge >= 0.3 is 0 Å². The van der Waals surface area contributed by atoms with Crippen LogP contribution >= 0.6 is 0 Å². The summed E-state index contributed by atoms with van der Waals surface area (Å²) in [5, 5.41) is 0. The molecule has 2 rings (SSSR count). The van der Waals surface area contributed by atoms with Gasteiger partial charge in [-0.15, -0.1) is 0 Å². The summed E-state index contributed by atoms with van der Waals surface area (Å²) in [6.45, 7) is 3.70. The Kier molecular flexibility index (Phi) is 5.38. The number of hydrogen-bond acceptors (Lipinski definition) is 4. The van der Waals surface area contributed by atoms with Gasteiger partial charge in [-0.3, -0.25) is 4.79 Å². The Balaban J connectivity index is 1.85. The molecule has 110 valence electrons. The van der Waals surface area contributed by atoms with E-state index in [9.17, 15) is 4.79 Å². The fourth-order valence-electron chi connectivity index (χ4n) is 2.03. The van der Waals surface area contributed by atoms with Crippen LogP contribution in [0.2, 0.25) is 0 Å². The van der Waals surface area contributed by atoms with E-state index in [1.807, 2.05) is 19.2 Å². The van der Waals surface area contributed by atoms with Gasteiger partial charge in [0.1, 0.15) is 0 Å². The maximum Gasteiger partial charge on any atom is 0.274 e. The molecule has 0 bridgehead atoms. The van der Waals surface area contributed by atoms with E-state index < -0.39 is 0 Å². The van der Waals surface area contributed by atoms with Crippen molar-refractivity contribution in [1.82, 2.24) is 5.48 Å². The fourth-order valence-corrected chi connectivity index (χ4v) is 2.03. The molecule has 1 aliphatic heterocycles. The topological polar surface area (TPSA) is 50.8 Å². The molecule has 5 nitrogen and oxygen atoms in total. The summed E-state index contributed by atoms with van der Waals surface area (Å²) in [7, 11) is 2.01. The molecule has 1 heterocycles. The van der Waals surface area contributed by atoms with E-state index in [4.69, 9.17) is 9.57 Å². The monoisotopic (exact) mass is 278 g/mol. The van der Waals surface area contributed by atoms with Crippen molar-refractivity contribution in [2.45, 2.75) is 32.5 Å². The number of hydrogen-bond donors (Lipinski definition) is 1. The van der Waals surface area contributed by atoms with Gasteiger partial charge in [0, 0.05) is 37.9 Å². The van der Waals surface area contributed by atoms with Crippen molar-refractivity contribution in [2.24, 2.45) is 0 Å². The third-order valence-electron chi connectivity index (χ3n) is 3.47. The first-order valence-corrected chi connectivity index (χ1v) is 7.09. The number of ether oxygens (including phenoxy) is 1. The maximum atomic E-state index is 11.9. The SMILES string of the molecule is CCN(C)c1ccc(C(=O)NOC2CCCCO2)cc1. The Bertz CT molecular complexity index is 427. The van der Waals surface area contributed by atoms with Crippen molar-refractivity contribution < 1.29 is 14.4 Å². The molecule has 1 atom stereocenters. The average Bonchev–Trinajstić information content (AvgIpc) is 2.53. The van der Waals surface area contributed by atoms with E-state index in [0.29, 0.717) is 12.2 Å². The third kappa shape index (κ3) is 3.95. The van der Waals surface area contributed by atoms with E-state index in [2.05, 4.69) is 17.3 Å². The molecule has 0 spiro atoms. The molecule has 1 saturated heterocycles. The maximum absolute atomic E-state index is 11.9. The molecular formula is C15H22N2O3. The second kappa shape index (κ2) is 7.26. The predicted molar refractivity (Wildman–Crippen MR) is 77.5 cm³/mol. The van der Waals surface area contributed by atoms with E-state index in [0.717, 1.165) is 31.5 Å². The lowest BCUT2D eigenvalue weighted by molar-refractivity contribution is -0.186. The van der Waals surface area contributed by atoms with Crippen LogP contribution < -0.4 is 10.4 Å². The Morgan fingerprint density at radius 3 is 2.75 bits per heavy atom. The Labute approximate surface area is 119 Å². The molecule has 0 radical (unpaired) electrons. The van der Waals surface area contributed by atoms with E-state index in [1.54, 1.807) is 12.1 Å². The van der Waals surface area contributed by atoms with Crippen LogP contribution in [0, 0.1) is 0 Å². The van der Waals surface area contributed by atoms with Crippen LogP contribution in [0.5, 0.6) is 0 Å². The normalized spacial score (nSPS) is 18.6. The lowest BCUT2D eigenvalue weighted by Crippen LogP contribution is -2.33. The van der Waals surface area contributed by atoms with Crippen molar-refractivity contribution >= 4 is 11.6 Å². The van der Waals surface area contributed by atoms with Crippen molar-refractivity contribution in [2.75, 3.05) is 25.1 Å². The smallest absolute Gasteiger partial charge is 0.274 e. The van der Waals surface area contributed by atoms with Gasteiger partial charge in [-0.25, -0.2) is 10.3 Å². The molecule has 1 N–H and O–H groups in total. The third-order valence-corrected chi connectivity index (χ3v) is 3.47. The fraction of sp³-hybridized carbons (Fsp3) is 0.533. The molecular weight excluding hydrogens is 256 g/mol. The molecule has 0 aromatic heterocycles. The summed E-state index contributed by atoms with van der Waals surface area (Å²) in [6.07, 6.45) is 2.62. The van der Waals surface area contributed by atoms with Gasteiger partial charge in [-0.2, -0.15) is 0 Å². The zero-order chi connectivity index (χ0) is 14.4. The number of carbonyl (C=O) groups is 1. The molecule has 1 unspecified atom stereocenters. The average molecular weight is 278 g/mol. The Hall–Kier alpha value is -1.59. The van der Waals surface area contributed by atoms with Crippen LogP contribution in [0.25, 0.3) is 0 Å². The van der Waals surface area contributed by atoms with Crippen LogP contribution in [-0.4, -0.2) is 32.4 Å². The number of rotatable bonds is 5. The zero-order valence-corrected chi connectivity index (χ0v) is 12.1. The predicted octanol–water partition coefficient (Wildman–Crippen LogP) is 2.33. The number of hydroxylamine groups is 1. The van der Waals surface area contributed by atoms with Gasteiger partial charge in [0.2, 0.25) is 0 Å². The molecule has 1 fully saturated rings. The van der Waals surface area contributed by atoms with Gasteiger partial charge in [0.15, 0.2) is 6.29 Å². The second-order valence-electron chi connectivity index (χ2n) is 4.91. The summed E-state index contributed by atoms with van der Waals surface area (Å²) in [5.74, 6) is -0.245. The lowest BCUT2D eigenvalue weighted by atomic mass is 10.2. The lowest BCUT2D eigenvalue weighted by Gasteiger charge is -2.22. The van der Waals surface area contributed by atoms with Crippen LogP contribution in [0.4, 0.5) is 5.69 Å². The summed E-state index contributed by atoms with van der Waals surface area (Å²) in [5.41, 5.74) is 4.12. The van der Waals surface area contributed by atoms with Crippen molar-refractivity contribution in [3.8, 4) is 0 Å². The Morgan fingerprint density at radius 1 is 1.40 bits per heavy atom. The van der Waals surface area contributed by atoms with Gasteiger partial charge in [-0.05, 0) is 44.0 Å². The van der Waals surface area contributed by atoms with Crippen molar-refractivity contribution in [3.63, 3.8) is 0 Å². The molecule has 0 saturated carbocycles. The number of nitrogens with one attached hydrogen (secondary N) is 1. The van der Waals surface area contributed by atoms with Crippen LogP contribution in [0.3, 0.4) is 0 Å². The molecule has 1 aliphatic rings. The minimum atomic E-state index is -0.321. The number of carbonyl (C=O) groups excluding carboxylic acids is 1. The van der Waals surface area contributed by atoms with Crippen LogP contribution in [0.1, 0.15) is 36.5 Å². The standard InChI is InChI=1S/C15H22N2O3/c1-3-17(2)13-9-7-12(8-10-13)15(18)16-20-14-6-4-5-11-19-14/h7-10,14H,3-6,11H2,1-2H3,(H,16,18). The minimum Gasteiger partial charge on any atom is -0.375 e. The van der Waals surface area contributed by atoms with E-state index in [-0.39, 0.29) is 12.2 Å². The van der Waals surface area contributed by atoms with Gasteiger partial charge < -0.3 is 9.64 Å². The number of benzene rings is 1. The van der Waals surface area contributed by atoms with Gasteiger partial charge in [-0.1, -0.05) is 0 Å². The first-order valence-electron chi connectivity index (χ1n) is 7.09. The summed E-state index contributed by atoms with van der Waals surface area (Å²) in [4.78, 5) is 19.3.